The highest BCUT2D eigenvalue weighted by Gasteiger charge is 2.30. The summed E-state index contributed by atoms with van der Waals surface area (Å²) in [5.41, 5.74) is 2.95. The summed E-state index contributed by atoms with van der Waals surface area (Å²) in [4.78, 5) is 40.8. The van der Waals surface area contributed by atoms with Gasteiger partial charge < -0.3 is 15.0 Å². The van der Waals surface area contributed by atoms with Crippen molar-refractivity contribution in [2.24, 2.45) is 5.92 Å². The molecule has 36 heavy (non-hydrogen) atoms. The molecule has 0 spiro atoms. The van der Waals surface area contributed by atoms with Crippen LogP contribution in [0.5, 0.6) is 0 Å². The maximum Gasteiger partial charge on any atom is 0.407 e. The average molecular weight is 499 g/mol. The van der Waals surface area contributed by atoms with Crippen molar-refractivity contribution >= 4 is 23.6 Å². The van der Waals surface area contributed by atoms with Crippen LogP contribution in [0.3, 0.4) is 0 Å². The number of piperidine rings is 1. The number of carbonyl (C=O) groups excluding carboxylic acids is 3. The van der Waals surface area contributed by atoms with Crippen molar-refractivity contribution in [3.8, 4) is 0 Å². The highest BCUT2D eigenvalue weighted by Crippen LogP contribution is 2.31. The van der Waals surface area contributed by atoms with Crippen LogP contribution >= 0.6 is 0 Å². The molecule has 1 unspecified atom stereocenters. The Morgan fingerprint density at radius 1 is 1.06 bits per heavy atom. The fraction of sp³-hybridized carbons (Fsp3) is 0.679. The largest absolute Gasteiger partial charge is 0.444 e. The third-order valence-corrected chi connectivity index (χ3v) is 7.66. The Morgan fingerprint density at radius 2 is 1.75 bits per heavy atom. The Hall–Kier alpha value is -2.61. The van der Waals surface area contributed by atoms with Crippen molar-refractivity contribution in [2.45, 2.75) is 83.8 Å². The Morgan fingerprint density at radius 3 is 2.36 bits per heavy atom. The molecule has 8 nitrogen and oxygen atoms in total. The van der Waals surface area contributed by atoms with Gasteiger partial charge in [0.05, 0.1) is 5.92 Å². The first-order valence-corrected chi connectivity index (χ1v) is 13.5. The smallest absolute Gasteiger partial charge is 0.407 e. The number of amides is 3. The van der Waals surface area contributed by atoms with Crippen LogP contribution in [0.1, 0.15) is 76.3 Å². The Kier molecular flexibility index (Phi) is 8.23. The first-order chi connectivity index (χ1) is 17.1. The summed E-state index contributed by atoms with van der Waals surface area (Å²) in [7, 11) is 0. The zero-order valence-electron chi connectivity index (χ0n) is 22.3. The molecule has 4 rings (SSSR count). The first kappa shape index (κ1) is 26.5. The predicted molar refractivity (Wildman–Crippen MR) is 140 cm³/mol. The molecule has 8 heteroatoms. The molecule has 0 bridgehead atoms. The molecule has 2 N–H and O–H groups in total. The number of hydrogen-bond donors (Lipinski definition) is 2. The summed E-state index contributed by atoms with van der Waals surface area (Å²) >= 11 is 0. The average Bonchev–Trinajstić information content (AvgIpc) is 2.80. The van der Waals surface area contributed by atoms with E-state index < -0.39 is 5.60 Å². The van der Waals surface area contributed by atoms with Crippen molar-refractivity contribution in [1.82, 2.24) is 15.5 Å². The number of anilines is 1. The van der Waals surface area contributed by atoms with Crippen LogP contribution in [0.15, 0.2) is 18.2 Å². The van der Waals surface area contributed by atoms with Crippen molar-refractivity contribution in [3.63, 3.8) is 0 Å². The molecule has 198 valence electrons. The van der Waals surface area contributed by atoms with Crippen molar-refractivity contribution in [1.29, 1.82) is 0 Å². The van der Waals surface area contributed by atoms with E-state index in [4.69, 9.17) is 4.74 Å². The standard InChI is InChI=1S/C28H42N4O4/c1-19-17-21(23-10-12-25(33)30-26(23)34)7-11-24(19)32-15-13-31(14-16-32)18-20-5-8-22(9-6-20)29-27(35)36-28(2,3)4/h7,11,17,20,22-23H,5-6,8-10,12-16,18H2,1-4H3,(H,29,35)(H,30,33,34). The zero-order valence-corrected chi connectivity index (χ0v) is 22.3. The van der Waals surface area contributed by atoms with Gasteiger partial charge in [-0.3, -0.25) is 19.8 Å². The molecule has 1 aliphatic carbocycles. The normalized spacial score (nSPS) is 25.9. The van der Waals surface area contributed by atoms with Gasteiger partial charge in [0.15, 0.2) is 0 Å². The lowest BCUT2D eigenvalue weighted by atomic mass is 9.85. The molecule has 0 radical (unpaired) electrons. The van der Waals surface area contributed by atoms with Crippen LogP contribution in [-0.4, -0.2) is 67.2 Å². The minimum Gasteiger partial charge on any atom is -0.444 e. The van der Waals surface area contributed by atoms with Crippen LogP contribution in [-0.2, 0) is 14.3 Å². The second kappa shape index (κ2) is 11.2. The lowest BCUT2D eigenvalue weighted by Crippen LogP contribution is -2.48. The van der Waals surface area contributed by atoms with E-state index in [0.717, 1.165) is 64.0 Å². The summed E-state index contributed by atoms with van der Waals surface area (Å²) in [5, 5.41) is 5.50. The molecule has 2 heterocycles. The van der Waals surface area contributed by atoms with E-state index in [-0.39, 0.29) is 29.9 Å². The highest BCUT2D eigenvalue weighted by atomic mass is 16.6. The van der Waals surface area contributed by atoms with Crippen molar-refractivity contribution < 1.29 is 19.1 Å². The number of rotatable bonds is 5. The highest BCUT2D eigenvalue weighted by molar-refractivity contribution is 6.01. The van der Waals surface area contributed by atoms with Gasteiger partial charge in [-0.25, -0.2) is 4.79 Å². The predicted octanol–water partition coefficient (Wildman–Crippen LogP) is 3.72. The van der Waals surface area contributed by atoms with Gasteiger partial charge in [0.2, 0.25) is 11.8 Å². The first-order valence-electron chi connectivity index (χ1n) is 13.5. The minimum absolute atomic E-state index is 0.173. The number of carbonyl (C=O) groups is 3. The van der Waals surface area contributed by atoms with Gasteiger partial charge in [0.1, 0.15) is 5.60 Å². The number of piperazine rings is 1. The van der Waals surface area contributed by atoms with Crippen LogP contribution in [0.25, 0.3) is 0 Å². The number of ether oxygens (including phenoxy) is 1. The molecular formula is C28H42N4O4. The van der Waals surface area contributed by atoms with Crippen LogP contribution in [0.4, 0.5) is 10.5 Å². The molecular weight excluding hydrogens is 456 g/mol. The quantitative estimate of drug-likeness (QED) is 0.602. The Balaban J connectivity index is 1.21. The van der Waals surface area contributed by atoms with Crippen LogP contribution < -0.4 is 15.5 Å². The molecule has 1 saturated carbocycles. The topological polar surface area (TPSA) is 91.0 Å². The van der Waals surface area contributed by atoms with Crippen molar-refractivity contribution in [3.05, 3.63) is 29.3 Å². The maximum absolute atomic E-state index is 12.2. The molecule has 1 aromatic rings. The van der Waals surface area contributed by atoms with Gasteiger partial charge in [-0.05, 0) is 82.9 Å². The number of aryl methyl sites for hydroxylation is 1. The maximum atomic E-state index is 12.2. The summed E-state index contributed by atoms with van der Waals surface area (Å²) in [6.07, 6.45) is 5.00. The van der Waals surface area contributed by atoms with Gasteiger partial charge in [-0.1, -0.05) is 12.1 Å². The third-order valence-electron chi connectivity index (χ3n) is 7.66. The number of alkyl carbamates (subject to hydrolysis) is 1. The summed E-state index contributed by atoms with van der Waals surface area (Å²) in [6.45, 7) is 13.0. The summed E-state index contributed by atoms with van der Waals surface area (Å²) in [6, 6.07) is 6.53. The van der Waals surface area contributed by atoms with E-state index in [0.29, 0.717) is 18.8 Å². The fourth-order valence-electron chi connectivity index (χ4n) is 5.76. The third kappa shape index (κ3) is 6.99. The molecule has 2 saturated heterocycles. The minimum atomic E-state index is -0.461. The molecule has 3 amide bonds. The molecule has 3 fully saturated rings. The monoisotopic (exact) mass is 498 g/mol. The van der Waals surface area contributed by atoms with Gasteiger partial charge in [-0.15, -0.1) is 0 Å². The Bertz CT molecular complexity index is 957. The van der Waals surface area contributed by atoms with E-state index in [1.165, 1.54) is 11.3 Å². The van der Waals surface area contributed by atoms with Crippen molar-refractivity contribution in [2.75, 3.05) is 37.6 Å². The summed E-state index contributed by atoms with van der Waals surface area (Å²) < 4.78 is 5.40. The SMILES string of the molecule is Cc1cc(C2CCC(=O)NC2=O)ccc1N1CCN(CC2CCC(NC(=O)OC(C)(C)C)CC2)CC1. The number of benzene rings is 1. The number of hydrogen-bond acceptors (Lipinski definition) is 6. The fourth-order valence-corrected chi connectivity index (χ4v) is 5.76. The summed E-state index contributed by atoms with van der Waals surface area (Å²) in [5.74, 6) is 0.0964. The van der Waals surface area contributed by atoms with Gasteiger partial charge in [0, 0.05) is 50.9 Å². The molecule has 2 aliphatic heterocycles. The lowest BCUT2D eigenvalue weighted by molar-refractivity contribution is -0.134. The molecule has 0 aromatic heterocycles. The van der Waals surface area contributed by atoms with Crippen LogP contribution in [0.2, 0.25) is 0 Å². The number of nitrogens with one attached hydrogen (secondary N) is 2. The van der Waals surface area contributed by atoms with Gasteiger partial charge in [-0.2, -0.15) is 0 Å². The van der Waals surface area contributed by atoms with Crippen LogP contribution in [0, 0.1) is 12.8 Å². The van der Waals surface area contributed by atoms with E-state index in [9.17, 15) is 14.4 Å². The second-order valence-corrected chi connectivity index (χ2v) is 11.7. The van der Waals surface area contributed by atoms with Gasteiger partial charge >= 0.3 is 6.09 Å². The van der Waals surface area contributed by atoms with E-state index in [2.05, 4.69) is 45.6 Å². The number of imide groups is 1. The van der Waals surface area contributed by atoms with E-state index >= 15 is 0 Å². The zero-order chi connectivity index (χ0) is 25.9. The molecule has 1 atom stereocenters. The Labute approximate surface area is 215 Å². The molecule has 3 aliphatic rings. The van der Waals surface area contributed by atoms with Gasteiger partial charge in [0.25, 0.3) is 0 Å². The van der Waals surface area contributed by atoms with E-state index in [1.54, 1.807) is 0 Å². The number of nitrogens with zero attached hydrogens (tertiary/aromatic N) is 2. The molecule has 1 aromatic carbocycles. The second-order valence-electron chi connectivity index (χ2n) is 11.7. The lowest BCUT2D eigenvalue weighted by Gasteiger charge is -2.39. The van der Waals surface area contributed by atoms with E-state index in [1.807, 2.05) is 20.8 Å².